The highest BCUT2D eigenvalue weighted by Crippen LogP contribution is 2.42. The Kier molecular flexibility index (Phi) is 4.15. The zero-order valence-corrected chi connectivity index (χ0v) is 17.7. The number of hydrogen-bond donors (Lipinski definition) is 0. The van der Waals surface area contributed by atoms with Gasteiger partial charge in [-0.3, -0.25) is 0 Å². The molecule has 0 aliphatic carbocycles. The van der Waals surface area contributed by atoms with Gasteiger partial charge in [0.05, 0.1) is 30.8 Å². The van der Waals surface area contributed by atoms with E-state index in [4.69, 9.17) is 9.31 Å². The lowest BCUT2D eigenvalue weighted by atomic mass is 9.79. The highest BCUT2D eigenvalue weighted by Gasteiger charge is 2.54. The maximum absolute atomic E-state index is 13.1. The minimum absolute atomic E-state index is 0.191. The first-order valence-corrected chi connectivity index (χ1v) is 12.0. The third-order valence-electron chi connectivity index (χ3n) is 5.96. The third-order valence-corrected chi connectivity index (χ3v) is 9.94. The molecule has 0 N–H and O–H groups in total. The van der Waals surface area contributed by atoms with Crippen LogP contribution in [0.15, 0.2) is 62.0 Å². The average molecular weight is 420 g/mol. The zero-order chi connectivity index (χ0) is 20.5. The molecule has 0 amide bonds. The van der Waals surface area contributed by atoms with E-state index in [9.17, 15) is 16.8 Å². The molecule has 2 aromatic rings. The Bertz CT molecular complexity index is 1190. The number of sulfone groups is 2. The average Bonchev–Trinajstić information content (AvgIpc) is 2.90. The summed E-state index contributed by atoms with van der Waals surface area (Å²) in [7, 11) is -8.68. The van der Waals surface area contributed by atoms with Crippen molar-refractivity contribution in [2.75, 3.05) is 0 Å². The first kappa shape index (κ1) is 19.6. The van der Waals surface area contributed by atoms with Gasteiger partial charge in [0.1, 0.15) is 0 Å². The summed E-state index contributed by atoms with van der Waals surface area (Å²) in [6.07, 6.45) is 0.710. The van der Waals surface area contributed by atoms with E-state index in [1.165, 1.54) is 36.4 Å². The minimum Gasteiger partial charge on any atom is -0.399 e. The van der Waals surface area contributed by atoms with Gasteiger partial charge in [0.15, 0.2) is 0 Å². The van der Waals surface area contributed by atoms with E-state index in [0.717, 1.165) is 0 Å². The number of rotatable bonds is 2. The number of fused-ring (bicyclic) bond motifs is 2. The summed E-state index contributed by atoms with van der Waals surface area (Å²) in [6.45, 7) is 7.79. The SMILES string of the molecule is CCC1(C)OB(c2ccc3c(c2)S(=O)(=O)c2ccccc2S3(=O)=O)OC1(C)C. The Morgan fingerprint density at radius 1 is 0.821 bits per heavy atom. The maximum Gasteiger partial charge on any atom is 0.494 e. The van der Waals surface area contributed by atoms with Crippen molar-refractivity contribution >= 4 is 32.3 Å². The van der Waals surface area contributed by atoms with E-state index in [1.807, 2.05) is 27.7 Å². The van der Waals surface area contributed by atoms with E-state index in [1.54, 1.807) is 6.07 Å². The largest absolute Gasteiger partial charge is 0.494 e. The summed E-state index contributed by atoms with van der Waals surface area (Å²) in [6, 6.07) is 9.91. The fourth-order valence-electron chi connectivity index (χ4n) is 3.67. The predicted octanol–water partition coefficient (Wildman–Crippen LogP) is 2.35. The molecule has 1 atom stereocenters. The quantitative estimate of drug-likeness (QED) is 0.592. The predicted molar refractivity (Wildman–Crippen MR) is 104 cm³/mol. The van der Waals surface area contributed by atoms with Crippen molar-refractivity contribution in [3.63, 3.8) is 0 Å². The van der Waals surface area contributed by atoms with Crippen LogP contribution in [0.2, 0.25) is 0 Å². The molecule has 2 heterocycles. The van der Waals surface area contributed by atoms with Gasteiger partial charge in [-0.1, -0.05) is 25.1 Å². The van der Waals surface area contributed by atoms with Gasteiger partial charge < -0.3 is 9.31 Å². The van der Waals surface area contributed by atoms with Crippen LogP contribution in [-0.2, 0) is 29.0 Å². The smallest absolute Gasteiger partial charge is 0.399 e. The molecule has 0 aromatic heterocycles. The summed E-state index contributed by atoms with van der Waals surface area (Å²) < 4.78 is 64.3. The van der Waals surface area contributed by atoms with Gasteiger partial charge in [-0.2, -0.15) is 0 Å². The van der Waals surface area contributed by atoms with Crippen LogP contribution >= 0.6 is 0 Å². The van der Waals surface area contributed by atoms with E-state index >= 15 is 0 Å². The normalized spacial score (nSPS) is 26.5. The first-order chi connectivity index (χ1) is 12.9. The molecule has 0 spiro atoms. The number of hydrogen-bond acceptors (Lipinski definition) is 6. The van der Waals surface area contributed by atoms with Crippen molar-refractivity contribution in [3.8, 4) is 0 Å². The third kappa shape index (κ3) is 2.53. The lowest BCUT2D eigenvalue weighted by molar-refractivity contribution is -0.0118. The van der Waals surface area contributed by atoms with Crippen molar-refractivity contribution in [1.82, 2.24) is 0 Å². The molecular weight excluding hydrogens is 399 g/mol. The van der Waals surface area contributed by atoms with Crippen molar-refractivity contribution in [1.29, 1.82) is 0 Å². The maximum atomic E-state index is 13.1. The van der Waals surface area contributed by atoms with Crippen molar-refractivity contribution in [2.45, 2.75) is 64.9 Å². The van der Waals surface area contributed by atoms with Crippen LogP contribution in [0.4, 0.5) is 0 Å². The van der Waals surface area contributed by atoms with E-state index in [0.29, 0.717) is 11.9 Å². The van der Waals surface area contributed by atoms with Crippen LogP contribution in [0.3, 0.4) is 0 Å². The fraction of sp³-hybridized carbons (Fsp3) is 0.368. The Morgan fingerprint density at radius 2 is 1.36 bits per heavy atom. The standard InChI is InChI=1S/C19H21BO6S2/c1-5-19(4)18(2,3)25-20(26-19)13-10-11-16-17(12-13)28(23,24)15-9-7-6-8-14(15)27(16,21)22/h6-12H,5H2,1-4H3. The summed E-state index contributed by atoms with van der Waals surface area (Å²) in [5.74, 6) is 0. The molecule has 0 bridgehead atoms. The first-order valence-electron chi connectivity index (χ1n) is 9.03. The highest BCUT2D eigenvalue weighted by atomic mass is 32.2. The van der Waals surface area contributed by atoms with Crippen LogP contribution in [0.1, 0.15) is 34.1 Å². The highest BCUT2D eigenvalue weighted by molar-refractivity contribution is 7.97. The Morgan fingerprint density at radius 3 is 1.89 bits per heavy atom. The summed E-state index contributed by atoms with van der Waals surface area (Å²) in [5, 5.41) is 0. The molecule has 6 nitrogen and oxygen atoms in total. The fourth-order valence-corrected chi connectivity index (χ4v) is 7.84. The molecule has 0 radical (unpaired) electrons. The van der Waals surface area contributed by atoms with Gasteiger partial charge in [0.2, 0.25) is 19.7 Å². The second-order valence-corrected chi connectivity index (χ2v) is 11.6. The topological polar surface area (TPSA) is 86.7 Å². The molecule has 148 valence electrons. The second-order valence-electron chi connectivity index (χ2n) is 7.82. The molecule has 2 aromatic carbocycles. The molecular formula is C19H21BO6S2. The van der Waals surface area contributed by atoms with Gasteiger partial charge >= 0.3 is 7.12 Å². The zero-order valence-electron chi connectivity index (χ0n) is 16.1. The van der Waals surface area contributed by atoms with E-state index < -0.39 is 38.0 Å². The summed E-state index contributed by atoms with van der Waals surface area (Å²) >= 11 is 0. The van der Waals surface area contributed by atoms with Crippen LogP contribution < -0.4 is 5.46 Å². The molecule has 28 heavy (non-hydrogen) atoms. The number of benzene rings is 2. The molecule has 4 rings (SSSR count). The minimum atomic E-state index is -3.98. The lowest BCUT2D eigenvalue weighted by Gasteiger charge is -2.35. The molecule has 9 heteroatoms. The Labute approximate surface area is 165 Å². The van der Waals surface area contributed by atoms with E-state index in [-0.39, 0.29) is 19.6 Å². The summed E-state index contributed by atoms with van der Waals surface area (Å²) in [5.41, 5.74) is -0.660. The molecule has 2 aliphatic rings. The summed E-state index contributed by atoms with van der Waals surface area (Å²) in [4.78, 5) is -0.848. The van der Waals surface area contributed by atoms with Crippen molar-refractivity contribution < 1.29 is 26.1 Å². The lowest BCUT2D eigenvalue weighted by Crippen LogP contribution is -2.44. The monoisotopic (exact) mass is 420 g/mol. The van der Waals surface area contributed by atoms with Crippen LogP contribution in [0, 0.1) is 0 Å². The molecule has 2 aliphatic heterocycles. The Hall–Kier alpha value is -1.68. The van der Waals surface area contributed by atoms with Crippen LogP contribution in [-0.4, -0.2) is 35.2 Å². The van der Waals surface area contributed by atoms with Gasteiger partial charge in [-0.05, 0) is 56.9 Å². The van der Waals surface area contributed by atoms with Crippen LogP contribution in [0.25, 0.3) is 0 Å². The molecule has 1 unspecified atom stereocenters. The van der Waals surface area contributed by atoms with Gasteiger partial charge in [-0.25, -0.2) is 16.8 Å². The second kappa shape index (κ2) is 5.92. The van der Waals surface area contributed by atoms with E-state index in [2.05, 4.69) is 0 Å². The molecule has 0 saturated carbocycles. The molecule has 1 saturated heterocycles. The molecule has 1 fully saturated rings. The van der Waals surface area contributed by atoms with Crippen molar-refractivity contribution in [2.24, 2.45) is 0 Å². The van der Waals surface area contributed by atoms with Crippen LogP contribution in [0.5, 0.6) is 0 Å². The Balaban J connectivity index is 1.88. The van der Waals surface area contributed by atoms with Crippen molar-refractivity contribution in [3.05, 3.63) is 42.5 Å². The van der Waals surface area contributed by atoms with Gasteiger partial charge in [0, 0.05) is 0 Å². The van der Waals surface area contributed by atoms with Gasteiger partial charge in [-0.15, -0.1) is 0 Å². The van der Waals surface area contributed by atoms with Gasteiger partial charge in [0.25, 0.3) is 0 Å².